The van der Waals surface area contributed by atoms with Gasteiger partial charge in [0.2, 0.25) is 0 Å². The number of rotatable bonds is 8. The summed E-state index contributed by atoms with van der Waals surface area (Å²) in [4.78, 5) is 23.0. The molecule has 4 heteroatoms. The lowest BCUT2D eigenvalue weighted by Crippen LogP contribution is -2.28. The van der Waals surface area contributed by atoms with Crippen LogP contribution in [-0.2, 0) is 19.1 Å². The molecule has 0 aromatic heterocycles. The average molecular weight is 286 g/mol. The second-order valence-electron chi connectivity index (χ2n) is 6.75. The Hall–Kier alpha value is -1.06. The van der Waals surface area contributed by atoms with Gasteiger partial charge in [0, 0.05) is 0 Å². The molecule has 0 amide bonds. The van der Waals surface area contributed by atoms with Crippen LogP contribution in [0.4, 0.5) is 0 Å². The van der Waals surface area contributed by atoms with E-state index in [-0.39, 0.29) is 36.3 Å². The molecule has 0 aromatic carbocycles. The molecule has 0 heterocycles. The molecule has 0 N–H and O–H groups in total. The van der Waals surface area contributed by atoms with Gasteiger partial charge in [0.15, 0.2) is 0 Å². The van der Waals surface area contributed by atoms with Gasteiger partial charge in [0.05, 0.1) is 19.4 Å². The lowest BCUT2D eigenvalue weighted by Gasteiger charge is -2.26. The minimum atomic E-state index is -0.341. The Balaban J connectivity index is 3.76. The normalized spacial score (nSPS) is 13.2. The van der Waals surface area contributed by atoms with Gasteiger partial charge in [0.25, 0.3) is 0 Å². The predicted molar refractivity (Wildman–Crippen MR) is 79.3 cm³/mol. The first-order valence-corrected chi connectivity index (χ1v) is 7.48. The smallest absolute Gasteiger partial charge is 0.306 e. The summed E-state index contributed by atoms with van der Waals surface area (Å²) in [7, 11) is 0. The number of hydrogen-bond acceptors (Lipinski definition) is 4. The second-order valence-corrected chi connectivity index (χ2v) is 6.75. The molecule has 0 saturated heterocycles. The van der Waals surface area contributed by atoms with Crippen LogP contribution in [0, 0.1) is 11.3 Å². The molecule has 0 fully saturated rings. The largest absolute Gasteiger partial charge is 0.466 e. The van der Waals surface area contributed by atoms with Gasteiger partial charge in [-0.15, -0.1) is 0 Å². The molecule has 1 unspecified atom stereocenters. The molecule has 0 spiro atoms. The topological polar surface area (TPSA) is 52.6 Å². The minimum Gasteiger partial charge on any atom is -0.466 e. The Morgan fingerprint density at radius 1 is 1.00 bits per heavy atom. The third kappa shape index (κ3) is 9.82. The first-order valence-electron chi connectivity index (χ1n) is 7.48. The van der Waals surface area contributed by atoms with Crippen molar-refractivity contribution in [3.05, 3.63) is 0 Å². The van der Waals surface area contributed by atoms with E-state index in [1.807, 2.05) is 27.7 Å². The maximum Gasteiger partial charge on any atom is 0.306 e. The molecule has 118 valence electrons. The number of esters is 2. The van der Waals surface area contributed by atoms with E-state index >= 15 is 0 Å². The van der Waals surface area contributed by atoms with Crippen LogP contribution in [0.2, 0.25) is 0 Å². The molecule has 0 aliphatic rings. The predicted octanol–water partition coefficient (Wildman–Crippen LogP) is 3.72. The van der Waals surface area contributed by atoms with Crippen molar-refractivity contribution in [3.63, 3.8) is 0 Å². The third-order valence-electron chi connectivity index (χ3n) is 3.25. The molecule has 0 saturated carbocycles. The van der Waals surface area contributed by atoms with Crippen LogP contribution in [0.3, 0.4) is 0 Å². The fourth-order valence-electron chi connectivity index (χ4n) is 1.39. The van der Waals surface area contributed by atoms with Crippen LogP contribution in [0.15, 0.2) is 0 Å². The summed E-state index contributed by atoms with van der Waals surface area (Å²) in [6, 6.07) is 0. The summed E-state index contributed by atoms with van der Waals surface area (Å²) in [6.07, 6.45) is 1.92. The van der Waals surface area contributed by atoms with Crippen molar-refractivity contribution in [1.29, 1.82) is 0 Å². The summed E-state index contributed by atoms with van der Waals surface area (Å²) in [6.45, 7) is 12.6. The highest BCUT2D eigenvalue weighted by Crippen LogP contribution is 2.22. The quantitative estimate of drug-likeness (QED) is 0.504. The van der Waals surface area contributed by atoms with Gasteiger partial charge < -0.3 is 9.47 Å². The van der Waals surface area contributed by atoms with Gasteiger partial charge in [0.1, 0.15) is 6.10 Å². The van der Waals surface area contributed by atoms with E-state index in [4.69, 9.17) is 9.47 Å². The van der Waals surface area contributed by atoms with Crippen LogP contribution in [-0.4, -0.2) is 24.6 Å². The van der Waals surface area contributed by atoms with E-state index < -0.39 is 0 Å². The summed E-state index contributed by atoms with van der Waals surface area (Å²) in [5.74, 6) is -0.0526. The van der Waals surface area contributed by atoms with Crippen LogP contribution in [0.5, 0.6) is 0 Å². The van der Waals surface area contributed by atoms with Gasteiger partial charge in [-0.25, -0.2) is 0 Å². The first kappa shape index (κ1) is 18.9. The van der Waals surface area contributed by atoms with Crippen molar-refractivity contribution in [2.45, 2.75) is 73.3 Å². The highest BCUT2D eigenvalue weighted by atomic mass is 16.5. The number of carbonyl (C=O) groups excluding carboxylic acids is 2. The zero-order chi connectivity index (χ0) is 15.8. The van der Waals surface area contributed by atoms with Gasteiger partial charge in [-0.3, -0.25) is 9.59 Å². The van der Waals surface area contributed by atoms with Gasteiger partial charge in [-0.1, -0.05) is 34.6 Å². The summed E-state index contributed by atoms with van der Waals surface area (Å²) in [5, 5.41) is 0. The zero-order valence-corrected chi connectivity index (χ0v) is 13.8. The van der Waals surface area contributed by atoms with E-state index in [2.05, 4.69) is 13.8 Å². The molecule has 0 radical (unpaired) electrons. The Bertz CT molecular complexity index is 302. The summed E-state index contributed by atoms with van der Waals surface area (Å²) >= 11 is 0. The van der Waals surface area contributed by atoms with Crippen molar-refractivity contribution < 1.29 is 19.1 Å². The maximum atomic E-state index is 11.6. The Morgan fingerprint density at radius 3 is 2.05 bits per heavy atom. The average Bonchev–Trinajstić information content (AvgIpc) is 2.30. The van der Waals surface area contributed by atoms with Gasteiger partial charge >= 0.3 is 11.9 Å². The SMILES string of the molecule is CC(C)CCCOC(=O)CCC(=O)OC(C)C(C)(C)C. The summed E-state index contributed by atoms with van der Waals surface area (Å²) < 4.78 is 10.3. The zero-order valence-electron chi connectivity index (χ0n) is 13.8. The number of ether oxygens (including phenoxy) is 2. The molecule has 4 nitrogen and oxygen atoms in total. The highest BCUT2D eigenvalue weighted by molar-refractivity contribution is 5.77. The van der Waals surface area contributed by atoms with E-state index in [0.717, 1.165) is 12.8 Å². The number of carbonyl (C=O) groups is 2. The van der Waals surface area contributed by atoms with Crippen LogP contribution in [0.1, 0.15) is 67.2 Å². The van der Waals surface area contributed by atoms with Crippen molar-refractivity contribution in [2.75, 3.05) is 6.61 Å². The van der Waals surface area contributed by atoms with E-state index in [1.54, 1.807) is 0 Å². The van der Waals surface area contributed by atoms with Crippen LogP contribution in [0.25, 0.3) is 0 Å². The fraction of sp³-hybridized carbons (Fsp3) is 0.875. The molecule has 20 heavy (non-hydrogen) atoms. The molecule has 0 rings (SSSR count). The molecule has 0 bridgehead atoms. The van der Waals surface area contributed by atoms with Crippen molar-refractivity contribution in [2.24, 2.45) is 11.3 Å². The molecule has 1 atom stereocenters. The van der Waals surface area contributed by atoms with Crippen molar-refractivity contribution >= 4 is 11.9 Å². The van der Waals surface area contributed by atoms with Crippen molar-refractivity contribution in [1.82, 2.24) is 0 Å². The van der Waals surface area contributed by atoms with Gasteiger partial charge in [-0.2, -0.15) is 0 Å². The molecule has 0 aliphatic carbocycles. The van der Waals surface area contributed by atoms with E-state index in [9.17, 15) is 9.59 Å². The van der Waals surface area contributed by atoms with E-state index in [0.29, 0.717) is 12.5 Å². The molecule has 0 aliphatic heterocycles. The lowest BCUT2D eigenvalue weighted by atomic mass is 9.90. The first-order chi connectivity index (χ1) is 9.12. The molecule has 0 aromatic rings. The molecular weight excluding hydrogens is 256 g/mol. The minimum absolute atomic E-state index is 0.0867. The standard InChI is InChI=1S/C16H30O4/c1-12(2)8-7-11-19-14(17)9-10-15(18)20-13(3)16(4,5)6/h12-13H,7-11H2,1-6H3. The van der Waals surface area contributed by atoms with Crippen LogP contribution >= 0.6 is 0 Å². The Kier molecular flexibility index (Phi) is 8.51. The third-order valence-corrected chi connectivity index (χ3v) is 3.25. The fourth-order valence-corrected chi connectivity index (χ4v) is 1.39. The maximum absolute atomic E-state index is 11.6. The second kappa shape index (κ2) is 8.98. The Labute approximate surface area is 123 Å². The lowest BCUT2D eigenvalue weighted by molar-refractivity contribution is -0.156. The molecular formula is C16H30O4. The monoisotopic (exact) mass is 286 g/mol. The summed E-state index contributed by atoms with van der Waals surface area (Å²) in [5.41, 5.74) is -0.0903. The van der Waals surface area contributed by atoms with E-state index in [1.165, 1.54) is 0 Å². The number of hydrogen-bond donors (Lipinski definition) is 0. The van der Waals surface area contributed by atoms with Crippen LogP contribution < -0.4 is 0 Å². The van der Waals surface area contributed by atoms with Gasteiger partial charge in [-0.05, 0) is 31.1 Å². The van der Waals surface area contributed by atoms with Crippen molar-refractivity contribution in [3.8, 4) is 0 Å². The highest BCUT2D eigenvalue weighted by Gasteiger charge is 2.23. The Morgan fingerprint density at radius 2 is 1.55 bits per heavy atom.